The largest absolute Gasteiger partial charge is 0.490 e. The third-order valence-electron chi connectivity index (χ3n) is 7.48. The molecule has 3 aromatic rings. The predicted molar refractivity (Wildman–Crippen MR) is 166 cm³/mol. The van der Waals surface area contributed by atoms with Gasteiger partial charge in [-0.15, -0.1) is 11.8 Å². The lowest BCUT2D eigenvalue weighted by atomic mass is 9.96. The van der Waals surface area contributed by atoms with Gasteiger partial charge in [-0.05, 0) is 97.7 Å². The first kappa shape index (κ1) is 37.3. The first-order valence-electron chi connectivity index (χ1n) is 14.6. The maximum atomic E-state index is 13.8. The highest BCUT2D eigenvalue weighted by Gasteiger charge is 2.38. The van der Waals surface area contributed by atoms with Crippen LogP contribution in [0.4, 0.5) is 22.0 Å². The van der Waals surface area contributed by atoms with Gasteiger partial charge in [-0.2, -0.15) is 13.2 Å². The number of rotatable bonds is 11. The van der Waals surface area contributed by atoms with E-state index in [0.717, 1.165) is 43.6 Å². The van der Waals surface area contributed by atoms with Crippen molar-refractivity contribution in [2.75, 3.05) is 39.0 Å². The minimum absolute atomic E-state index is 0.204. The van der Waals surface area contributed by atoms with Crippen LogP contribution in [0.15, 0.2) is 65.6 Å². The van der Waals surface area contributed by atoms with Gasteiger partial charge in [0.2, 0.25) is 0 Å². The number of carbonyl (C=O) groups excluding carboxylic acids is 1. The molecule has 4 rings (SSSR count). The van der Waals surface area contributed by atoms with E-state index in [0.29, 0.717) is 28.3 Å². The number of carboxylic acid groups (broad SMARTS) is 2. The second-order valence-electron chi connectivity index (χ2n) is 10.7. The molecule has 0 spiro atoms. The quantitative estimate of drug-likeness (QED) is 0.168. The highest BCUT2D eigenvalue weighted by atomic mass is 32.2. The zero-order valence-electron chi connectivity index (χ0n) is 25.7. The van der Waals surface area contributed by atoms with Gasteiger partial charge >= 0.3 is 18.1 Å². The van der Waals surface area contributed by atoms with Gasteiger partial charge in [0.15, 0.2) is 11.6 Å². The van der Waals surface area contributed by atoms with Gasteiger partial charge in [-0.1, -0.05) is 31.2 Å². The van der Waals surface area contributed by atoms with Crippen molar-refractivity contribution in [2.45, 2.75) is 37.4 Å². The summed E-state index contributed by atoms with van der Waals surface area (Å²) < 4.78 is 65.1. The maximum Gasteiger partial charge on any atom is 0.490 e. The van der Waals surface area contributed by atoms with Crippen LogP contribution in [0.5, 0.6) is 5.75 Å². The highest BCUT2D eigenvalue weighted by molar-refractivity contribution is 7.98. The number of likely N-dealkylation sites (tertiary alicyclic amines) is 1. The number of carbonyl (C=O) groups is 3. The summed E-state index contributed by atoms with van der Waals surface area (Å²) in [4.78, 5) is 38.2. The minimum Gasteiger partial charge on any atom is -0.489 e. The highest BCUT2D eigenvalue weighted by Crippen LogP contribution is 2.33. The van der Waals surface area contributed by atoms with Gasteiger partial charge in [0.25, 0.3) is 5.91 Å². The molecule has 14 heteroatoms. The second-order valence-corrected chi connectivity index (χ2v) is 11.6. The molecule has 1 amide bonds. The average molecular weight is 683 g/mol. The molecule has 3 aromatic carbocycles. The lowest BCUT2D eigenvalue weighted by molar-refractivity contribution is -0.192. The number of hydrogen-bond acceptors (Lipinski definition) is 6. The van der Waals surface area contributed by atoms with Crippen molar-refractivity contribution >= 4 is 29.6 Å². The molecule has 1 fully saturated rings. The topological polar surface area (TPSA) is 107 Å². The fourth-order valence-electron chi connectivity index (χ4n) is 4.98. The van der Waals surface area contributed by atoms with Gasteiger partial charge in [0.1, 0.15) is 18.9 Å². The monoisotopic (exact) mass is 682 g/mol. The van der Waals surface area contributed by atoms with E-state index in [2.05, 4.69) is 11.8 Å². The third-order valence-corrected chi connectivity index (χ3v) is 8.25. The summed E-state index contributed by atoms with van der Waals surface area (Å²) in [6, 6.07) is 16.5. The SMILES string of the molecule is CCN1CCC(CN(CC(=O)O)C(=O)c2cccc(COc3ccc(-c4cc(F)c(F)cc4SC)cc3)c2)CC1.O=C(O)C(F)(F)F. The predicted octanol–water partition coefficient (Wildman–Crippen LogP) is 6.82. The van der Waals surface area contributed by atoms with Crippen molar-refractivity contribution in [3.05, 3.63) is 83.4 Å². The minimum atomic E-state index is -5.08. The molecular weight excluding hydrogens is 647 g/mol. The molecule has 0 atom stereocenters. The van der Waals surface area contributed by atoms with Crippen LogP contribution in [-0.2, 0) is 16.2 Å². The number of alkyl halides is 3. The summed E-state index contributed by atoms with van der Waals surface area (Å²) >= 11 is 1.34. The summed E-state index contributed by atoms with van der Waals surface area (Å²) in [5.41, 5.74) is 2.53. The molecule has 1 aliphatic rings. The van der Waals surface area contributed by atoms with E-state index in [-0.39, 0.29) is 25.0 Å². The molecule has 0 saturated carbocycles. The molecule has 1 aliphatic heterocycles. The molecule has 2 N–H and O–H groups in total. The van der Waals surface area contributed by atoms with Crippen LogP contribution in [-0.4, -0.2) is 83.0 Å². The van der Waals surface area contributed by atoms with Gasteiger partial charge in [0.05, 0.1) is 0 Å². The van der Waals surface area contributed by atoms with E-state index < -0.39 is 29.7 Å². The maximum absolute atomic E-state index is 13.8. The fourth-order valence-corrected chi connectivity index (χ4v) is 5.59. The van der Waals surface area contributed by atoms with Crippen molar-refractivity contribution < 1.29 is 51.3 Å². The smallest absolute Gasteiger partial charge is 0.489 e. The van der Waals surface area contributed by atoms with Crippen LogP contribution in [0.25, 0.3) is 11.1 Å². The Morgan fingerprint density at radius 1 is 0.979 bits per heavy atom. The number of ether oxygens (including phenoxy) is 1. The Balaban J connectivity index is 0.000000771. The van der Waals surface area contributed by atoms with Gasteiger partial charge in [-0.3, -0.25) is 9.59 Å². The van der Waals surface area contributed by atoms with Crippen LogP contribution < -0.4 is 4.74 Å². The van der Waals surface area contributed by atoms with E-state index in [1.807, 2.05) is 12.3 Å². The van der Waals surface area contributed by atoms with E-state index in [1.54, 1.807) is 42.5 Å². The van der Waals surface area contributed by atoms with Gasteiger partial charge < -0.3 is 24.7 Å². The summed E-state index contributed by atoms with van der Waals surface area (Å²) in [5.74, 6) is -5.01. The standard InChI is InChI=1S/C31H34F2N2O4S.C2HF3O2/c1-3-34-13-11-21(12-14-34)18-35(19-30(36)37)31(38)24-6-4-5-22(15-24)20-39-25-9-7-23(8-10-25)26-16-27(32)28(33)17-29(26)40-2;3-2(4,5)1(6)7/h4-10,15-17,21H,3,11-14,18-20H2,1-2H3,(H,36,37);(H,6,7). The van der Waals surface area contributed by atoms with E-state index in [1.165, 1.54) is 28.8 Å². The van der Waals surface area contributed by atoms with E-state index in [9.17, 15) is 36.6 Å². The molecule has 1 heterocycles. The molecule has 0 aromatic heterocycles. The number of hydrogen-bond donors (Lipinski definition) is 2. The molecule has 1 saturated heterocycles. The Hall–Kier alpha value is -4.17. The molecule has 0 bridgehead atoms. The number of carboxylic acids is 2. The second kappa shape index (κ2) is 17.1. The molecule has 254 valence electrons. The Bertz CT molecular complexity index is 1530. The molecule has 0 aliphatic carbocycles. The summed E-state index contributed by atoms with van der Waals surface area (Å²) in [6.07, 6.45) is -1.39. The Kier molecular flexibility index (Phi) is 13.6. The first-order chi connectivity index (χ1) is 22.2. The van der Waals surface area contributed by atoms with Crippen molar-refractivity contribution in [1.29, 1.82) is 0 Å². The molecule has 0 radical (unpaired) electrons. The van der Waals surface area contributed by atoms with Crippen molar-refractivity contribution in [3.63, 3.8) is 0 Å². The van der Waals surface area contributed by atoms with Crippen molar-refractivity contribution in [1.82, 2.24) is 9.80 Å². The van der Waals surface area contributed by atoms with Crippen LogP contribution in [0.2, 0.25) is 0 Å². The van der Waals surface area contributed by atoms with E-state index in [4.69, 9.17) is 14.6 Å². The Labute approximate surface area is 273 Å². The number of halogens is 5. The van der Waals surface area contributed by atoms with Crippen molar-refractivity contribution in [2.24, 2.45) is 5.92 Å². The normalized spacial score (nSPS) is 13.8. The summed E-state index contributed by atoms with van der Waals surface area (Å²) in [5, 5.41) is 16.6. The molecular formula is C33H35F5N2O6S. The number of piperidine rings is 1. The zero-order valence-corrected chi connectivity index (χ0v) is 26.5. The fraction of sp³-hybridized carbons (Fsp3) is 0.364. The van der Waals surface area contributed by atoms with Crippen LogP contribution in [0, 0.1) is 17.6 Å². The first-order valence-corrected chi connectivity index (χ1v) is 15.8. The summed E-state index contributed by atoms with van der Waals surface area (Å²) in [6.45, 7) is 5.34. The van der Waals surface area contributed by atoms with Crippen LogP contribution in [0.1, 0.15) is 35.7 Å². The van der Waals surface area contributed by atoms with E-state index >= 15 is 0 Å². The van der Waals surface area contributed by atoms with Crippen molar-refractivity contribution in [3.8, 4) is 16.9 Å². The molecule has 0 unspecified atom stereocenters. The lowest BCUT2D eigenvalue weighted by Crippen LogP contribution is -2.42. The number of benzene rings is 3. The Morgan fingerprint density at radius 2 is 1.60 bits per heavy atom. The number of amides is 1. The summed E-state index contributed by atoms with van der Waals surface area (Å²) in [7, 11) is 0. The third kappa shape index (κ3) is 11.2. The Morgan fingerprint density at radius 3 is 2.15 bits per heavy atom. The molecule has 47 heavy (non-hydrogen) atoms. The number of thioether (sulfide) groups is 1. The number of aliphatic carboxylic acids is 2. The van der Waals surface area contributed by atoms with Gasteiger partial charge in [-0.25, -0.2) is 13.6 Å². The van der Waals surface area contributed by atoms with Crippen LogP contribution >= 0.6 is 11.8 Å². The van der Waals surface area contributed by atoms with Gasteiger partial charge in [0, 0.05) is 17.0 Å². The average Bonchev–Trinajstić information content (AvgIpc) is 3.04. The zero-order chi connectivity index (χ0) is 34.7. The van der Waals surface area contributed by atoms with Crippen LogP contribution in [0.3, 0.4) is 0 Å². The number of nitrogens with zero attached hydrogens (tertiary/aromatic N) is 2. The lowest BCUT2D eigenvalue weighted by Gasteiger charge is -2.34. The molecule has 8 nitrogen and oxygen atoms in total.